The fourth-order valence-electron chi connectivity index (χ4n) is 3.40. The Kier molecular flexibility index (Phi) is 6.78. The van der Waals surface area contributed by atoms with E-state index in [-0.39, 0.29) is 23.7 Å². The molecule has 1 aliphatic carbocycles. The van der Waals surface area contributed by atoms with Crippen molar-refractivity contribution in [1.82, 2.24) is 10.3 Å². The standard InChI is InChI=1S/C18H23N3OS.ClH/c19-11-8-16-21-15(12-23-16)17(22)20-13-18(9-4-5-10-18)14-6-2-1-3-7-14;/h1-3,6-7,12H,4-5,8-11,13,19H2,(H,20,22);1H. The van der Waals surface area contributed by atoms with Crippen LogP contribution in [0.25, 0.3) is 0 Å². The lowest BCUT2D eigenvalue weighted by molar-refractivity contribution is 0.0938. The fourth-order valence-corrected chi connectivity index (χ4v) is 4.20. The summed E-state index contributed by atoms with van der Waals surface area (Å²) in [6, 6.07) is 10.6. The molecule has 0 bridgehead atoms. The first-order valence-electron chi connectivity index (χ1n) is 8.22. The van der Waals surface area contributed by atoms with Crippen LogP contribution in [0.3, 0.4) is 0 Å². The molecule has 0 unspecified atom stereocenters. The van der Waals surface area contributed by atoms with Crippen LogP contribution in [0.1, 0.15) is 46.7 Å². The largest absolute Gasteiger partial charge is 0.350 e. The first kappa shape index (κ1) is 18.9. The summed E-state index contributed by atoms with van der Waals surface area (Å²) in [5.41, 5.74) is 7.46. The summed E-state index contributed by atoms with van der Waals surface area (Å²) in [6.45, 7) is 1.24. The van der Waals surface area contributed by atoms with Crippen molar-refractivity contribution >= 4 is 29.7 Å². The number of rotatable bonds is 6. The van der Waals surface area contributed by atoms with E-state index in [0.717, 1.165) is 24.3 Å². The Morgan fingerprint density at radius 2 is 1.96 bits per heavy atom. The Morgan fingerprint density at radius 3 is 2.62 bits per heavy atom. The molecule has 1 amide bonds. The third-order valence-electron chi connectivity index (χ3n) is 4.68. The fraction of sp³-hybridized carbons (Fsp3) is 0.444. The van der Waals surface area contributed by atoms with Crippen LogP contribution in [0.2, 0.25) is 0 Å². The molecule has 4 nitrogen and oxygen atoms in total. The highest BCUT2D eigenvalue weighted by molar-refractivity contribution is 7.09. The van der Waals surface area contributed by atoms with Crippen LogP contribution < -0.4 is 11.1 Å². The number of amides is 1. The summed E-state index contributed by atoms with van der Waals surface area (Å²) in [5, 5.41) is 5.86. The maximum absolute atomic E-state index is 12.4. The van der Waals surface area contributed by atoms with Crippen molar-refractivity contribution in [1.29, 1.82) is 0 Å². The number of hydrogen-bond acceptors (Lipinski definition) is 4. The minimum Gasteiger partial charge on any atom is -0.350 e. The van der Waals surface area contributed by atoms with Gasteiger partial charge in [0.2, 0.25) is 0 Å². The second-order valence-electron chi connectivity index (χ2n) is 6.20. The molecular formula is C18H24ClN3OS. The predicted octanol–water partition coefficient (Wildman–Crippen LogP) is 3.31. The van der Waals surface area contributed by atoms with Gasteiger partial charge in [-0.15, -0.1) is 23.7 Å². The zero-order valence-electron chi connectivity index (χ0n) is 13.7. The van der Waals surface area contributed by atoms with Gasteiger partial charge < -0.3 is 11.1 Å². The molecule has 24 heavy (non-hydrogen) atoms. The molecule has 6 heteroatoms. The second kappa shape index (κ2) is 8.60. The van der Waals surface area contributed by atoms with Gasteiger partial charge in [0.05, 0.1) is 5.01 Å². The predicted molar refractivity (Wildman–Crippen MR) is 101 cm³/mol. The highest BCUT2D eigenvalue weighted by atomic mass is 35.5. The maximum Gasteiger partial charge on any atom is 0.270 e. The van der Waals surface area contributed by atoms with Crippen molar-refractivity contribution in [2.75, 3.05) is 13.1 Å². The number of nitrogens with zero attached hydrogens (tertiary/aromatic N) is 1. The van der Waals surface area contributed by atoms with E-state index in [1.54, 1.807) is 0 Å². The van der Waals surface area contributed by atoms with E-state index < -0.39 is 0 Å². The van der Waals surface area contributed by atoms with Gasteiger partial charge in [-0.1, -0.05) is 43.2 Å². The van der Waals surface area contributed by atoms with Crippen LogP contribution in [-0.4, -0.2) is 24.0 Å². The lowest BCUT2D eigenvalue weighted by atomic mass is 9.79. The monoisotopic (exact) mass is 365 g/mol. The number of nitrogens with two attached hydrogens (primary N) is 1. The average Bonchev–Trinajstić information content (AvgIpc) is 3.24. The molecule has 0 atom stereocenters. The number of thiazole rings is 1. The number of carbonyl (C=O) groups is 1. The van der Waals surface area contributed by atoms with Crippen LogP contribution in [0, 0.1) is 0 Å². The van der Waals surface area contributed by atoms with Gasteiger partial charge in [0.1, 0.15) is 5.69 Å². The molecule has 1 heterocycles. The normalized spacial score (nSPS) is 15.7. The number of hydrogen-bond donors (Lipinski definition) is 2. The summed E-state index contributed by atoms with van der Waals surface area (Å²) in [6.07, 6.45) is 5.44. The molecule has 0 saturated heterocycles. The van der Waals surface area contributed by atoms with Crippen LogP contribution in [-0.2, 0) is 11.8 Å². The van der Waals surface area contributed by atoms with Crippen LogP contribution in [0.4, 0.5) is 0 Å². The second-order valence-corrected chi connectivity index (χ2v) is 7.14. The van der Waals surface area contributed by atoms with Gasteiger partial charge >= 0.3 is 0 Å². The topological polar surface area (TPSA) is 68.0 Å². The Morgan fingerprint density at radius 1 is 1.25 bits per heavy atom. The summed E-state index contributed by atoms with van der Waals surface area (Å²) in [5.74, 6) is -0.0771. The third-order valence-corrected chi connectivity index (χ3v) is 5.59. The lowest BCUT2D eigenvalue weighted by Crippen LogP contribution is -2.39. The Hall–Kier alpha value is -1.43. The van der Waals surface area contributed by atoms with E-state index in [9.17, 15) is 4.79 Å². The van der Waals surface area contributed by atoms with Crippen molar-refractivity contribution < 1.29 is 4.79 Å². The van der Waals surface area contributed by atoms with E-state index in [1.807, 2.05) is 11.4 Å². The minimum absolute atomic E-state index is 0. The number of carbonyl (C=O) groups excluding carboxylic acids is 1. The van der Waals surface area contributed by atoms with Gasteiger partial charge in [-0.25, -0.2) is 4.98 Å². The van der Waals surface area contributed by atoms with E-state index in [4.69, 9.17) is 5.73 Å². The van der Waals surface area contributed by atoms with Gasteiger partial charge in [-0.3, -0.25) is 4.79 Å². The molecule has 1 aromatic carbocycles. The molecule has 1 fully saturated rings. The molecule has 3 N–H and O–H groups in total. The van der Waals surface area contributed by atoms with Crippen molar-refractivity contribution in [2.45, 2.75) is 37.5 Å². The smallest absolute Gasteiger partial charge is 0.270 e. The molecule has 1 aromatic heterocycles. The maximum atomic E-state index is 12.4. The van der Waals surface area contributed by atoms with Gasteiger partial charge in [-0.05, 0) is 24.9 Å². The van der Waals surface area contributed by atoms with E-state index in [1.165, 1.54) is 29.7 Å². The highest BCUT2D eigenvalue weighted by Gasteiger charge is 2.35. The van der Waals surface area contributed by atoms with E-state index in [2.05, 4.69) is 34.6 Å². The molecule has 3 rings (SSSR count). The van der Waals surface area contributed by atoms with Gasteiger partial charge in [0, 0.05) is 23.8 Å². The third kappa shape index (κ3) is 4.15. The van der Waals surface area contributed by atoms with Crippen LogP contribution in [0.5, 0.6) is 0 Å². The van der Waals surface area contributed by atoms with Gasteiger partial charge in [0.15, 0.2) is 0 Å². The molecule has 0 spiro atoms. The van der Waals surface area contributed by atoms with Crippen molar-refractivity contribution in [3.63, 3.8) is 0 Å². The Bertz CT molecular complexity index is 653. The molecule has 0 aliphatic heterocycles. The van der Waals surface area contributed by atoms with Crippen molar-refractivity contribution in [2.24, 2.45) is 5.73 Å². The number of halogens is 1. The van der Waals surface area contributed by atoms with Crippen LogP contribution in [0.15, 0.2) is 35.7 Å². The lowest BCUT2D eigenvalue weighted by Gasteiger charge is -2.29. The molecule has 2 aromatic rings. The van der Waals surface area contributed by atoms with Gasteiger partial charge in [-0.2, -0.15) is 0 Å². The number of nitrogens with one attached hydrogen (secondary N) is 1. The first-order chi connectivity index (χ1) is 11.2. The van der Waals surface area contributed by atoms with Crippen LogP contribution >= 0.6 is 23.7 Å². The Balaban J connectivity index is 0.00000208. The zero-order chi connectivity index (χ0) is 16.1. The summed E-state index contributed by atoms with van der Waals surface area (Å²) >= 11 is 1.50. The molecule has 1 saturated carbocycles. The quantitative estimate of drug-likeness (QED) is 0.825. The molecule has 130 valence electrons. The highest BCUT2D eigenvalue weighted by Crippen LogP contribution is 2.40. The number of aromatic nitrogens is 1. The van der Waals surface area contributed by atoms with Crippen molar-refractivity contribution in [3.8, 4) is 0 Å². The SMILES string of the molecule is Cl.NCCc1nc(C(=O)NCC2(c3ccccc3)CCCC2)cs1. The average molecular weight is 366 g/mol. The van der Waals surface area contributed by atoms with Crippen molar-refractivity contribution in [3.05, 3.63) is 52.0 Å². The molecular weight excluding hydrogens is 342 g/mol. The van der Waals surface area contributed by atoms with Gasteiger partial charge in [0.25, 0.3) is 5.91 Å². The van der Waals surface area contributed by atoms with E-state index in [0.29, 0.717) is 18.8 Å². The first-order valence-corrected chi connectivity index (χ1v) is 9.10. The zero-order valence-corrected chi connectivity index (χ0v) is 15.3. The summed E-state index contributed by atoms with van der Waals surface area (Å²) in [7, 11) is 0. The molecule has 1 aliphatic rings. The summed E-state index contributed by atoms with van der Waals surface area (Å²) in [4.78, 5) is 16.8. The summed E-state index contributed by atoms with van der Waals surface area (Å²) < 4.78 is 0. The minimum atomic E-state index is -0.0771. The van der Waals surface area contributed by atoms with E-state index >= 15 is 0 Å². The molecule has 0 radical (unpaired) electrons. The Labute approximate surface area is 153 Å². The number of benzene rings is 1.